The molecule has 1 fully saturated rings. The highest BCUT2D eigenvalue weighted by Crippen LogP contribution is 2.24. The van der Waals surface area contributed by atoms with Gasteiger partial charge in [-0.15, -0.1) is 0 Å². The third kappa shape index (κ3) is 3.20. The van der Waals surface area contributed by atoms with E-state index in [9.17, 15) is 16.8 Å². The van der Waals surface area contributed by atoms with Crippen molar-refractivity contribution in [3.8, 4) is 0 Å². The fourth-order valence-corrected chi connectivity index (χ4v) is 4.80. The smallest absolute Gasteiger partial charge is 0.243 e. The third-order valence-electron chi connectivity index (χ3n) is 3.61. The first-order valence-corrected chi connectivity index (χ1v) is 9.73. The molecule has 0 aliphatic carbocycles. The number of hydrogen-bond acceptors (Lipinski definition) is 5. The Hall–Kier alpha value is -1.16. The van der Waals surface area contributed by atoms with E-state index >= 15 is 0 Å². The Kier molecular flexibility index (Phi) is 4.29. The summed E-state index contributed by atoms with van der Waals surface area (Å²) in [5, 5.41) is 0. The number of sulfonamides is 2. The molecule has 0 amide bonds. The molecule has 0 atom stereocenters. The second-order valence-corrected chi connectivity index (χ2v) is 8.93. The van der Waals surface area contributed by atoms with Crippen LogP contribution in [0, 0.1) is 6.92 Å². The molecule has 0 radical (unpaired) electrons. The lowest BCUT2D eigenvalue weighted by Gasteiger charge is -2.32. The van der Waals surface area contributed by atoms with Gasteiger partial charge >= 0.3 is 0 Å². The van der Waals surface area contributed by atoms with Crippen LogP contribution in [0.5, 0.6) is 0 Å². The van der Waals surface area contributed by atoms with Gasteiger partial charge in [-0.3, -0.25) is 0 Å². The van der Waals surface area contributed by atoms with Crippen molar-refractivity contribution in [2.24, 2.45) is 0 Å². The topological polar surface area (TPSA) is 101 Å². The molecule has 1 aromatic rings. The SMILES string of the molecule is Cc1c(N)cccc1S(=O)(=O)N1CCN(S(C)(=O)=O)CC1. The molecular weight excluding hydrogens is 314 g/mol. The maximum atomic E-state index is 12.6. The fraction of sp³-hybridized carbons (Fsp3) is 0.500. The van der Waals surface area contributed by atoms with Crippen LogP contribution in [0.1, 0.15) is 5.56 Å². The van der Waals surface area contributed by atoms with E-state index in [1.54, 1.807) is 19.1 Å². The second-order valence-electron chi connectivity index (χ2n) is 5.04. The normalized spacial score (nSPS) is 18.8. The molecule has 0 saturated carbocycles. The molecule has 0 spiro atoms. The molecule has 118 valence electrons. The first-order valence-electron chi connectivity index (χ1n) is 6.44. The maximum absolute atomic E-state index is 12.6. The van der Waals surface area contributed by atoms with Crippen molar-refractivity contribution < 1.29 is 16.8 Å². The molecule has 1 saturated heterocycles. The average molecular weight is 333 g/mol. The van der Waals surface area contributed by atoms with Crippen LogP contribution in [0.25, 0.3) is 0 Å². The van der Waals surface area contributed by atoms with Crippen molar-refractivity contribution >= 4 is 25.7 Å². The predicted octanol–water partition coefficient (Wildman–Crippen LogP) is -0.157. The van der Waals surface area contributed by atoms with Gasteiger partial charge in [0.05, 0.1) is 11.2 Å². The van der Waals surface area contributed by atoms with Crippen LogP contribution in [-0.2, 0) is 20.0 Å². The van der Waals surface area contributed by atoms with Crippen LogP contribution in [0.4, 0.5) is 5.69 Å². The molecule has 21 heavy (non-hydrogen) atoms. The number of rotatable bonds is 3. The Morgan fingerprint density at radius 1 is 1.00 bits per heavy atom. The molecule has 1 aliphatic rings. The highest BCUT2D eigenvalue weighted by Gasteiger charge is 2.32. The summed E-state index contributed by atoms with van der Waals surface area (Å²) in [4.78, 5) is 0.176. The number of anilines is 1. The summed E-state index contributed by atoms with van der Waals surface area (Å²) in [6.45, 7) is 2.28. The molecule has 1 aliphatic heterocycles. The monoisotopic (exact) mass is 333 g/mol. The highest BCUT2D eigenvalue weighted by molar-refractivity contribution is 7.89. The average Bonchev–Trinajstić information content (AvgIpc) is 2.41. The largest absolute Gasteiger partial charge is 0.398 e. The maximum Gasteiger partial charge on any atom is 0.243 e. The van der Waals surface area contributed by atoms with Crippen molar-refractivity contribution in [2.45, 2.75) is 11.8 Å². The van der Waals surface area contributed by atoms with E-state index in [1.165, 1.54) is 14.7 Å². The first-order chi connectivity index (χ1) is 9.64. The van der Waals surface area contributed by atoms with Gasteiger partial charge in [0.2, 0.25) is 20.0 Å². The molecule has 1 aromatic carbocycles. The third-order valence-corrected chi connectivity index (χ3v) is 6.96. The standard InChI is InChI=1S/C12H19N3O4S2/c1-10-11(13)4-3-5-12(10)21(18,19)15-8-6-14(7-9-15)20(2,16)17/h3-5H,6-9,13H2,1-2H3. The van der Waals surface area contributed by atoms with Crippen LogP contribution in [0.15, 0.2) is 23.1 Å². The van der Waals surface area contributed by atoms with Gasteiger partial charge in [-0.05, 0) is 24.6 Å². The van der Waals surface area contributed by atoms with Crippen molar-refractivity contribution in [1.29, 1.82) is 0 Å². The van der Waals surface area contributed by atoms with Gasteiger partial charge in [0.25, 0.3) is 0 Å². The van der Waals surface area contributed by atoms with Crippen LogP contribution in [-0.4, -0.2) is 57.9 Å². The fourth-order valence-electron chi connectivity index (χ4n) is 2.29. The molecule has 2 rings (SSSR count). The summed E-state index contributed by atoms with van der Waals surface area (Å²) < 4.78 is 50.7. The van der Waals surface area contributed by atoms with Gasteiger partial charge in [0.1, 0.15) is 0 Å². The van der Waals surface area contributed by atoms with Crippen molar-refractivity contribution in [2.75, 3.05) is 38.2 Å². The number of hydrogen-bond donors (Lipinski definition) is 1. The first kappa shape index (κ1) is 16.2. The molecule has 1 heterocycles. The van der Waals surface area contributed by atoms with Gasteiger partial charge in [0, 0.05) is 31.9 Å². The van der Waals surface area contributed by atoms with Crippen LogP contribution < -0.4 is 5.73 Å². The molecule has 0 aromatic heterocycles. The lowest BCUT2D eigenvalue weighted by atomic mass is 10.2. The Balaban J connectivity index is 2.25. The van der Waals surface area contributed by atoms with Crippen molar-refractivity contribution in [1.82, 2.24) is 8.61 Å². The lowest BCUT2D eigenvalue weighted by molar-refractivity contribution is 0.274. The minimum Gasteiger partial charge on any atom is -0.398 e. The highest BCUT2D eigenvalue weighted by atomic mass is 32.2. The Labute approximate surface area is 125 Å². The molecule has 7 nitrogen and oxygen atoms in total. The zero-order valence-electron chi connectivity index (χ0n) is 12.0. The Bertz CT molecular complexity index is 736. The van der Waals surface area contributed by atoms with E-state index < -0.39 is 20.0 Å². The van der Waals surface area contributed by atoms with Gasteiger partial charge in [-0.1, -0.05) is 6.07 Å². The molecule has 0 bridgehead atoms. The van der Waals surface area contributed by atoms with Gasteiger partial charge in [-0.2, -0.15) is 8.61 Å². The molecule has 0 unspecified atom stereocenters. The Morgan fingerprint density at radius 2 is 1.52 bits per heavy atom. The van der Waals surface area contributed by atoms with E-state index in [1.807, 2.05) is 0 Å². The van der Waals surface area contributed by atoms with Crippen LogP contribution in [0.2, 0.25) is 0 Å². The number of nitrogen functional groups attached to an aromatic ring is 1. The van der Waals surface area contributed by atoms with Crippen LogP contribution >= 0.6 is 0 Å². The Morgan fingerprint density at radius 3 is 2.05 bits per heavy atom. The van der Waals surface area contributed by atoms with Gasteiger partial charge in [-0.25, -0.2) is 16.8 Å². The molecular formula is C12H19N3O4S2. The van der Waals surface area contributed by atoms with E-state index in [4.69, 9.17) is 5.73 Å². The lowest BCUT2D eigenvalue weighted by Crippen LogP contribution is -2.50. The summed E-state index contributed by atoms with van der Waals surface area (Å²) in [6.07, 6.45) is 1.12. The van der Waals surface area contributed by atoms with E-state index in [-0.39, 0.29) is 31.1 Å². The number of piperazine rings is 1. The number of nitrogens with two attached hydrogens (primary N) is 1. The van der Waals surface area contributed by atoms with Crippen molar-refractivity contribution in [3.05, 3.63) is 23.8 Å². The van der Waals surface area contributed by atoms with Gasteiger partial charge < -0.3 is 5.73 Å². The van der Waals surface area contributed by atoms with Gasteiger partial charge in [0.15, 0.2) is 0 Å². The minimum absolute atomic E-state index is 0.143. The van der Waals surface area contributed by atoms with Crippen LogP contribution in [0.3, 0.4) is 0 Å². The number of nitrogens with zero attached hydrogens (tertiary/aromatic N) is 2. The summed E-state index contributed by atoms with van der Waals surface area (Å²) >= 11 is 0. The predicted molar refractivity (Wildman–Crippen MR) is 80.8 cm³/mol. The van der Waals surface area contributed by atoms with E-state index in [0.29, 0.717) is 11.3 Å². The summed E-state index contributed by atoms with van der Waals surface area (Å²) in [5.41, 5.74) is 6.69. The summed E-state index contributed by atoms with van der Waals surface area (Å²) in [5.74, 6) is 0. The quantitative estimate of drug-likeness (QED) is 0.775. The molecule has 9 heteroatoms. The van der Waals surface area contributed by atoms with Crippen molar-refractivity contribution in [3.63, 3.8) is 0 Å². The minimum atomic E-state index is -3.65. The summed E-state index contributed by atoms with van der Waals surface area (Å²) in [7, 11) is -6.93. The van der Waals surface area contributed by atoms with E-state index in [2.05, 4.69) is 0 Å². The molecule has 2 N–H and O–H groups in total. The summed E-state index contributed by atoms with van der Waals surface area (Å²) in [6, 6.07) is 4.77. The van der Waals surface area contributed by atoms with E-state index in [0.717, 1.165) is 6.26 Å². The second kappa shape index (κ2) is 5.56. The number of benzene rings is 1. The zero-order chi connectivity index (χ0) is 15.8. The zero-order valence-corrected chi connectivity index (χ0v) is 13.6.